The molecule has 0 atom stereocenters. The summed E-state index contributed by atoms with van der Waals surface area (Å²) in [5.74, 6) is 2.41. The Bertz CT molecular complexity index is 1830. The van der Waals surface area contributed by atoms with E-state index in [4.69, 9.17) is 0 Å². The van der Waals surface area contributed by atoms with E-state index in [2.05, 4.69) is 148 Å². The minimum atomic E-state index is 0.394. The van der Waals surface area contributed by atoms with E-state index in [0.717, 1.165) is 0 Å². The van der Waals surface area contributed by atoms with Gasteiger partial charge in [-0.05, 0) is 65.1 Å². The van der Waals surface area contributed by atoms with Crippen LogP contribution in [-0.2, 0) is 7.05 Å². The van der Waals surface area contributed by atoms with Crippen LogP contribution in [0.15, 0.2) is 78.9 Å². The molecule has 0 N–H and O–H groups in total. The Hall–Kier alpha value is -3.85. The van der Waals surface area contributed by atoms with Crippen molar-refractivity contribution >= 4 is 32.8 Å². The third kappa shape index (κ3) is 3.74. The lowest BCUT2D eigenvalue weighted by Gasteiger charge is -2.19. The molecular weight excluding hydrogens is 474 g/mol. The molecule has 198 valence electrons. The molecule has 6 rings (SSSR count). The Labute approximate surface area is 232 Å². The van der Waals surface area contributed by atoms with Gasteiger partial charge in [-0.15, -0.1) is 0 Å². The molecule has 2 heterocycles. The number of benzene rings is 4. The van der Waals surface area contributed by atoms with Crippen molar-refractivity contribution in [2.45, 2.75) is 66.2 Å². The van der Waals surface area contributed by atoms with Gasteiger partial charge < -0.3 is 0 Å². The Balaban J connectivity index is 1.89. The van der Waals surface area contributed by atoms with E-state index in [-0.39, 0.29) is 0 Å². The lowest BCUT2D eigenvalue weighted by Crippen LogP contribution is -2.33. The number of hydrogen-bond donors (Lipinski definition) is 0. The van der Waals surface area contributed by atoms with Gasteiger partial charge in [0.1, 0.15) is 27.8 Å². The highest BCUT2D eigenvalue weighted by molar-refractivity contribution is 6.10. The number of fused-ring (bicyclic) bond motifs is 4. The third-order valence-corrected chi connectivity index (χ3v) is 8.50. The zero-order valence-electron chi connectivity index (χ0n) is 24.6. The first kappa shape index (κ1) is 25.4. The second-order valence-electron chi connectivity index (χ2n) is 12.0. The van der Waals surface area contributed by atoms with E-state index >= 15 is 0 Å². The molecule has 3 nitrogen and oxygen atoms in total. The van der Waals surface area contributed by atoms with Gasteiger partial charge in [-0.25, -0.2) is 4.57 Å². The summed E-state index contributed by atoms with van der Waals surface area (Å²) in [6, 6.07) is 29.3. The molecule has 0 fully saturated rings. The molecule has 0 spiro atoms. The zero-order valence-corrected chi connectivity index (χ0v) is 24.6. The fourth-order valence-electron chi connectivity index (χ4n) is 6.61. The molecule has 3 heteroatoms. The maximum atomic E-state index is 2.55. The summed E-state index contributed by atoms with van der Waals surface area (Å²) in [5.41, 5.74) is 11.8. The summed E-state index contributed by atoms with van der Waals surface area (Å²) < 4.78 is 7.48. The maximum Gasteiger partial charge on any atom is 0.375 e. The van der Waals surface area contributed by atoms with Gasteiger partial charge in [-0.2, -0.15) is 9.13 Å². The monoisotopic (exact) mass is 514 g/mol. The second-order valence-corrected chi connectivity index (χ2v) is 12.0. The van der Waals surface area contributed by atoms with E-state index < -0.39 is 0 Å². The van der Waals surface area contributed by atoms with Crippen molar-refractivity contribution < 1.29 is 4.57 Å². The zero-order chi connectivity index (χ0) is 27.6. The summed E-state index contributed by atoms with van der Waals surface area (Å²) >= 11 is 0. The van der Waals surface area contributed by atoms with Crippen molar-refractivity contribution in [1.29, 1.82) is 0 Å². The van der Waals surface area contributed by atoms with Gasteiger partial charge in [0, 0.05) is 10.8 Å². The van der Waals surface area contributed by atoms with Gasteiger partial charge in [-0.1, -0.05) is 102 Å². The van der Waals surface area contributed by atoms with Crippen molar-refractivity contribution in [2.75, 3.05) is 0 Å². The highest BCUT2D eigenvalue weighted by atomic mass is 15.3. The highest BCUT2D eigenvalue weighted by Gasteiger charge is 2.32. The minimum absolute atomic E-state index is 0.394. The van der Waals surface area contributed by atoms with Crippen LogP contribution in [-0.4, -0.2) is 9.13 Å². The fraction of sp³-hybridized carbons (Fsp3) is 0.306. The molecule has 0 aliphatic rings. The lowest BCUT2D eigenvalue weighted by molar-refractivity contribution is -0.639. The molecule has 2 aromatic heterocycles. The predicted octanol–water partition coefficient (Wildman–Crippen LogP) is 9.23. The van der Waals surface area contributed by atoms with Crippen LogP contribution < -0.4 is 4.57 Å². The van der Waals surface area contributed by atoms with Crippen molar-refractivity contribution in [3.05, 3.63) is 101 Å². The van der Waals surface area contributed by atoms with E-state index in [9.17, 15) is 0 Å². The smallest absolute Gasteiger partial charge is 0.230 e. The number of nitrogens with zero attached hydrogens (tertiary/aromatic N) is 3. The summed E-state index contributed by atoms with van der Waals surface area (Å²) in [6.45, 7) is 16.2. The summed E-state index contributed by atoms with van der Waals surface area (Å²) in [5, 5.41) is 2.61. The first-order valence-corrected chi connectivity index (χ1v) is 14.4. The number of hydrogen-bond acceptors (Lipinski definition) is 0. The van der Waals surface area contributed by atoms with Crippen molar-refractivity contribution in [1.82, 2.24) is 9.13 Å². The van der Waals surface area contributed by atoms with Crippen LogP contribution in [0.1, 0.15) is 81.5 Å². The third-order valence-electron chi connectivity index (χ3n) is 8.50. The lowest BCUT2D eigenvalue weighted by atomic mass is 9.92. The Morgan fingerprint density at radius 2 is 1.15 bits per heavy atom. The van der Waals surface area contributed by atoms with Crippen LogP contribution in [0.3, 0.4) is 0 Å². The van der Waals surface area contributed by atoms with Crippen LogP contribution in [0, 0.1) is 6.92 Å². The van der Waals surface area contributed by atoms with Crippen molar-refractivity contribution in [3.8, 4) is 11.6 Å². The standard InChI is InChI=1S/C36H40N3/c1-22(2)26-20-21-30-29-14-9-10-17-31(29)38(34(30)25(26)7)36-37(8)32-18-11-12-19-33(32)39(36)35-27(23(3)4)15-13-16-28(35)24(5)6/h9-24H,1-8H3/q+1. The van der Waals surface area contributed by atoms with E-state index in [1.807, 2.05) is 0 Å². The molecule has 0 unspecified atom stereocenters. The average Bonchev–Trinajstić information content (AvgIpc) is 3.40. The summed E-state index contributed by atoms with van der Waals surface area (Å²) in [4.78, 5) is 0. The Morgan fingerprint density at radius 3 is 1.79 bits per heavy atom. The normalized spacial score (nSPS) is 12.3. The summed E-state index contributed by atoms with van der Waals surface area (Å²) in [6.07, 6.45) is 0. The molecule has 4 aromatic carbocycles. The average molecular weight is 515 g/mol. The SMILES string of the molecule is Cc1c(C(C)C)ccc2c3ccccc3n(-c3n(-c4c(C(C)C)cccc4C(C)C)c4ccccc4[n+]3C)c12. The fourth-order valence-corrected chi connectivity index (χ4v) is 6.61. The van der Waals surface area contributed by atoms with Gasteiger partial charge in [0.2, 0.25) is 0 Å². The highest BCUT2D eigenvalue weighted by Crippen LogP contribution is 2.40. The van der Waals surface area contributed by atoms with Crippen LogP contribution in [0.5, 0.6) is 0 Å². The van der Waals surface area contributed by atoms with Crippen molar-refractivity contribution in [2.24, 2.45) is 7.05 Å². The topological polar surface area (TPSA) is 13.7 Å². The summed E-state index contributed by atoms with van der Waals surface area (Å²) in [7, 11) is 2.23. The molecule has 39 heavy (non-hydrogen) atoms. The van der Waals surface area contributed by atoms with Crippen LogP contribution in [0.2, 0.25) is 0 Å². The number of rotatable bonds is 5. The van der Waals surface area contributed by atoms with Gasteiger partial charge in [0.15, 0.2) is 0 Å². The molecule has 0 saturated carbocycles. The molecule has 0 aliphatic carbocycles. The number of imidazole rings is 1. The minimum Gasteiger partial charge on any atom is -0.230 e. The molecule has 0 saturated heterocycles. The van der Waals surface area contributed by atoms with Crippen molar-refractivity contribution in [3.63, 3.8) is 0 Å². The molecule has 0 amide bonds. The Morgan fingerprint density at radius 1 is 0.564 bits per heavy atom. The molecular formula is C36H40N3+. The largest absolute Gasteiger partial charge is 0.375 e. The number of aryl methyl sites for hydroxylation is 2. The number of aromatic nitrogens is 3. The Kier molecular flexibility index (Phi) is 6.14. The van der Waals surface area contributed by atoms with Gasteiger partial charge in [0.25, 0.3) is 0 Å². The van der Waals surface area contributed by atoms with Gasteiger partial charge in [-0.3, -0.25) is 0 Å². The van der Waals surface area contributed by atoms with Crippen LogP contribution in [0.25, 0.3) is 44.5 Å². The second kappa shape index (κ2) is 9.41. The molecule has 0 radical (unpaired) electrons. The van der Waals surface area contributed by atoms with E-state index in [0.29, 0.717) is 17.8 Å². The molecule has 0 aliphatic heterocycles. The first-order chi connectivity index (χ1) is 18.7. The molecule has 6 aromatic rings. The first-order valence-electron chi connectivity index (χ1n) is 14.4. The van der Waals surface area contributed by atoms with Crippen LogP contribution in [0.4, 0.5) is 0 Å². The van der Waals surface area contributed by atoms with E-state index in [1.54, 1.807) is 0 Å². The number of para-hydroxylation sites is 4. The molecule has 0 bridgehead atoms. The van der Waals surface area contributed by atoms with Gasteiger partial charge >= 0.3 is 5.95 Å². The quantitative estimate of drug-likeness (QED) is 0.204. The van der Waals surface area contributed by atoms with E-state index in [1.165, 1.54) is 66.7 Å². The van der Waals surface area contributed by atoms with Crippen LogP contribution >= 0.6 is 0 Å². The predicted molar refractivity (Wildman–Crippen MR) is 166 cm³/mol. The van der Waals surface area contributed by atoms with Gasteiger partial charge in [0.05, 0.1) is 7.05 Å². The maximum absolute atomic E-state index is 2.55.